The summed E-state index contributed by atoms with van der Waals surface area (Å²) in [4.78, 5) is 30.2. The molecule has 9 nitrogen and oxygen atoms in total. The summed E-state index contributed by atoms with van der Waals surface area (Å²) in [6.07, 6.45) is 4.56. The van der Waals surface area contributed by atoms with Gasteiger partial charge in [-0.05, 0) is 31.2 Å². The van der Waals surface area contributed by atoms with E-state index in [1.165, 1.54) is 10.7 Å². The van der Waals surface area contributed by atoms with Crippen LogP contribution in [0.15, 0.2) is 59.9 Å². The van der Waals surface area contributed by atoms with Gasteiger partial charge in [-0.2, -0.15) is 5.26 Å². The summed E-state index contributed by atoms with van der Waals surface area (Å²) in [5.41, 5.74) is 7.54. The van der Waals surface area contributed by atoms with Crippen molar-refractivity contribution < 1.29 is 0 Å². The quantitative estimate of drug-likeness (QED) is 0.546. The molecule has 142 valence electrons. The second-order valence-corrected chi connectivity index (χ2v) is 6.28. The highest BCUT2D eigenvalue weighted by atomic mass is 16.1. The lowest BCUT2D eigenvalue weighted by atomic mass is 10.1. The summed E-state index contributed by atoms with van der Waals surface area (Å²) in [6.45, 7) is 1.83. The third kappa shape index (κ3) is 3.23. The van der Waals surface area contributed by atoms with Gasteiger partial charge in [0.25, 0.3) is 5.56 Å². The highest BCUT2D eigenvalue weighted by Crippen LogP contribution is 2.27. The number of nitrogens with one attached hydrogen (secondary N) is 1. The topological polar surface area (TPSA) is 135 Å². The lowest BCUT2D eigenvalue weighted by Gasteiger charge is -2.18. The first-order valence-electron chi connectivity index (χ1n) is 8.80. The van der Waals surface area contributed by atoms with E-state index >= 15 is 0 Å². The Morgan fingerprint density at radius 3 is 2.76 bits per heavy atom. The van der Waals surface area contributed by atoms with Gasteiger partial charge in [-0.1, -0.05) is 12.1 Å². The maximum Gasteiger partial charge on any atom is 0.267 e. The molecule has 3 N–H and O–H groups in total. The average Bonchev–Trinajstić information content (AvgIpc) is 2.74. The Morgan fingerprint density at radius 2 is 2.00 bits per heavy atom. The molecule has 0 spiro atoms. The largest absolute Gasteiger partial charge is 0.382 e. The third-order valence-electron chi connectivity index (χ3n) is 4.43. The molecule has 0 bridgehead atoms. The van der Waals surface area contributed by atoms with E-state index in [0.29, 0.717) is 22.6 Å². The number of aromatic nitrogens is 5. The standard InChI is InChI=1S/C20H16N8O/c1-12(26-19-13(10-21)18(22)24-11-25-19)17-16(14-6-2-4-8-23-14)20(29)28-9-5-3-7-15(28)27-17/h2-9,11-12H,1H3,(H3,22,24,25,26)/t12-/m1/s1. The minimum Gasteiger partial charge on any atom is -0.382 e. The number of anilines is 2. The van der Waals surface area contributed by atoms with E-state index in [1.54, 1.807) is 36.7 Å². The zero-order chi connectivity index (χ0) is 20.4. The normalized spacial score (nSPS) is 11.7. The highest BCUT2D eigenvalue weighted by Gasteiger charge is 2.22. The number of hydrogen-bond acceptors (Lipinski definition) is 8. The summed E-state index contributed by atoms with van der Waals surface area (Å²) in [6, 6.07) is 12.2. The predicted octanol–water partition coefficient (Wildman–Crippen LogP) is 2.17. The Kier molecular flexibility index (Phi) is 4.58. The minimum absolute atomic E-state index is 0.0775. The van der Waals surface area contributed by atoms with Gasteiger partial charge in [0.05, 0.1) is 23.0 Å². The molecule has 0 aromatic carbocycles. The number of pyridine rings is 2. The molecule has 0 aliphatic heterocycles. The fourth-order valence-electron chi connectivity index (χ4n) is 3.06. The van der Waals surface area contributed by atoms with Crippen molar-refractivity contribution in [2.45, 2.75) is 13.0 Å². The molecule has 0 fully saturated rings. The van der Waals surface area contributed by atoms with E-state index in [4.69, 9.17) is 5.73 Å². The number of hydrogen-bond donors (Lipinski definition) is 2. The van der Waals surface area contributed by atoms with Gasteiger partial charge < -0.3 is 11.1 Å². The van der Waals surface area contributed by atoms with Gasteiger partial charge in [0.15, 0.2) is 0 Å². The molecule has 4 heterocycles. The van der Waals surface area contributed by atoms with Crippen LogP contribution in [0.25, 0.3) is 16.9 Å². The zero-order valence-corrected chi connectivity index (χ0v) is 15.4. The molecule has 1 atom stereocenters. The molecular formula is C20H16N8O. The minimum atomic E-state index is -0.466. The Labute approximate surface area is 165 Å². The van der Waals surface area contributed by atoms with Crippen molar-refractivity contribution in [2.24, 2.45) is 0 Å². The second-order valence-electron chi connectivity index (χ2n) is 6.28. The molecule has 4 rings (SSSR count). The molecule has 4 aromatic heterocycles. The van der Waals surface area contributed by atoms with Gasteiger partial charge >= 0.3 is 0 Å². The van der Waals surface area contributed by atoms with Gasteiger partial charge in [0.1, 0.15) is 35.2 Å². The molecule has 9 heteroatoms. The molecule has 0 radical (unpaired) electrons. The van der Waals surface area contributed by atoms with Crippen LogP contribution in [-0.4, -0.2) is 24.3 Å². The van der Waals surface area contributed by atoms with E-state index in [2.05, 4.69) is 25.3 Å². The molecule has 29 heavy (non-hydrogen) atoms. The maximum atomic E-state index is 13.2. The summed E-state index contributed by atoms with van der Waals surface area (Å²) in [5.74, 6) is 0.350. The van der Waals surface area contributed by atoms with Crippen LogP contribution in [0.4, 0.5) is 11.6 Å². The first kappa shape index (κ1) is 18.1. The van der Waals surface area contributed by atoms with Crippen LogP contribution in [0.3, 0.4) is 0 Å². The number of nitrogens with zero attached hydrogens (tertiary/aromatic N) is 6. The van der Waals surface area contributed by atoms with E-state index in [1.807, 2.05) is 25.1 Å². The Balaban J connectivity index is 1.90. The van der Waals surface area contributed by atoms with Crippen LogP contribution in [0.1, 0.15) is 24.2 Å². The van der Waals surface area contributed by atoms with Crippen molar-refractivity contribution in [3.05, 3.63) is 76.7 Å². The summed E-state index contributed by atoms with van der Waals surface area (Å²) >= 11 is 0. The maximum absolute atomic E-state index is 13.2. The number of nitrogen functional groups attached to an aromatic ring is 1. The van der Waals surface area contributed by atoms with Crippen LogP contribution < -0.4 is 16.6 Å². The highest BCUT2D eigenvalue weighted by molar-refractivity contribution is 5.66. The average molecular weight is 384 g/mol. The summed E-state index contributed by atoms with van der Waals surface area (Å²) in [7, 11) is 0. The molecule has 0 aliphatic carbocycles. The lowest BCUT2D eigenvalue weighted by molar-refractivity contribution is 0.821. The SMILES string of the molecule is C[C@@H](Nc1ncnc(N)c1C#N)c1nc2ccccn2c(=O)c1-c1ccccn1. The first-order chi connectivity index (χ1) is 14.1. The van der Waals surface area contributed by atoms with Crippen LogP contribution >= 0.6 is 0 Å². The third-order valence-corrected chi connectivity index (χ3v) is 4.43. The predicted molar refractivity (Wildman–Crippen MR) is 108 cm³/mol. The molecule has 0 saturated carbocycles. The monoisotopic (exact) mass is 384 g/mol. The number of nitrogens with two attached hydrogens (primary N) is 1. The number of nitriles is 1. The summed E-state index contributed by atoms with van der Waals surface area (Å²) < 4.78 is 1.48. The zero-order valence-electron chi connectivity index (χ0n) is 15.4. The number of rotatable bonds is 4. The molecule has 0 saturated heterocycles. The molecule has 0 aliphatic rings. The van der Waals surface area contributed by atoms with Gasteiger partial charge in [0.2, 0.25) is 0 Å². The van der Waals surface area contributed by atoms with Crippen LogP contribution in [0.5, 0.6) is 0 Å². The van der Waals surface area contributed by atoms with Crippen molar-refractivity contribution in [1.82, 2.24) is 24.3 Å². The van der Waals surface area contributed by atoms with Crippen LogP contribution in [-0.2, 0) is 0 Å². The first-order valence-corrected chi connectivity index (χ1v) is 8.80. The second kappa shape index (κ2) is 7.36. The van der Waals surface area contributed by atoms with E-state index in [-0.39, 0.29) is 22.8 Å². The van der Waals surface area contributed by atoms with Gasteiger partial charge in [-0.3, -0.25) is 14.2 Å². The fraction of sp³-hybridized carbons (Fsp3) is 0.100. The van der Waals surface area contributed by atoms with E-state index in [9.17, 15) is 10.1 Å². The van der Waals surface area contributed by atoms with Gasteiger partial charge in [-0.15, -0.1) is 0 Å². The number of fused-ring (bicyclic) bond motifs is 1. The lowest BCUT2D eigenvalue weighted by Crippen LogP contribution is -2.23. The molecule has 0 amide bonds. The Bertz CT molecular complexity index is 1290. The fourth-order valence-corrected chi connectivity index (χ4v) is 3.06. The van der Waals surface area contributed by atoms with Gasteiger partial charge in [-0.25, -0.2) is 15.0 Å². The molecule has 0 unspecified atom stereocenters. The van der Waals surface area contributed by atoms with Crippen molar-refractivity contribution in [3.8, 4) is 17.3 Å². The molecule has 4 aromatic rings. The molecular weight excluding hydrogens is 368 g/mol. The summed E-state index contributed by atoms with van der Waals surface area (Å²) in [5, 5.41) is 12.5. The van der Waals surface area contributed by atoms with Crippen molar-refractivity contribution in [3.63, 3.8) is 0 Å². The Morgan fingerprint density at radius 1 is 1.17 bits per heavy atom. The van der Waals surface area contributed by atoms with Gasteiger partial charge in [0, 0.05) is 12.4 Å². The van der Waals surface area contributed by atoms with Crippen molar-refractivity contribution in [2.75, 3.05) is 11.1 Å². The smallest absolute Gasteiger partial charge is 0.267 e. The van der Waals surface area contributed by atoms with Crippen molar-refractivity contribution in [1.29, 1.82) is 5.26 Å². The van der Waals surface area contributed by atoms with Crippen molar-refractivity contribution >= 4 is 17.3 Å². The van der Waals surface area contributed by atoms with Crippen LogP contribution in [0, 0.1) is 11.3 Å². The van der Waals surface area contributed by atoms with E-state index < -0.39 is 6.04 Å². The Hall–Kier alpha value is -4.32. The van der Waals surface area contributed by atoms with Crippen LogP contribution in [0.2, 0.25) is 0 Å². The van der Waals surface area contributed by atoms with E-state index in [0.717, 1.165) is 0 Å².